The van der Waals surface area contributed by atoms with Gasteiger partial charge in [-0.15, -0.1) is 0 Å². The fourth-order valence-electron chi connectivity index (χ4n) is 3.10. The Morgan fingerprint density at radius 1 is 1.08 bits per heavy atom. The number of rotatable bonds is 3. The molecule has 1 fully saturated rings. The molecule has 2 aromatic carbocycles. The maximum atomic E-state index is 14.0. The molecule has 0 N–H and O–H groups in total. The van der Waals surface area contributed by atoms with Crippen LogP contribution in [0.1, 0.15) is 27.9 Å². The molecule has 0 saturated carbocycles. The molecule has 1 heterocycles. The quantitative estimate of drug-likeness (QED) is 0.821. The fourth-order valence-corrected chi connectivity index (χ4v) is 3.26. The Morgan fingerprint density at radius 2 is 1.84 bits per heavy atom. The first-order valence-electron chi connectivity index (χ1n) is 8.55. The molecule has 0 aliphatic carbocycles. The van der Waals surface area contributed by atoms with Crippen molar-refractivity contribution in [3.8, 4) is 0 Å². The summed E-state index contributed by atoms with van der Waals surface area (Å²) in [7, 11) is 0. The molecule has 25 heavy (non-hydrogen) atoms. The standard InChI is InChI=1S/C20H22ClFN2O/c1-15-3-5-16(6-4-15)20(25)24-10-2-9-23(11-12-24)14-17-7-8-18(21)13-19(17)22/h3-8,13H,2,9-12,14H2,1H3. The number of amides is 1. The third-order valence-electron chi connectivity index (χ3n) is 4.58. The number of aryl methyl sites for hydroxylation is 1. The summed E-state index contributed by atoms with van der Waals surface area (Å²) in [5.41, 5.74) is 2.51. The first kappa shape index (κ1) is 17.9. The lowest BCUT2D eigenvalue weighted by Gasteiger charge is -2.22. The Bertz CT molecular complexity index is 748. The lowest BCUT2D eigenvalue weighted by molar-refractivity contribution is 0.0761. The summed E-state index contributed by atoms with van der Waals surface area (Å²) in [6, 6.07) is 12.5. The Kier molecular flexibility index (Phi) is 5.71. The van der Waals surface area contributed by atoms with E-state index in [0.29, 0.717) is 23.7 Å². The van der Waals surface area contributed by atoms with Gasteiger partial charge in [-0.2, -0.15) is 0 Å². The molecule has 0 radical (unpaired) electrons. The van der Waals surface area contributed by atoms with Crippen LogP contribution in [0.25, 0.3) is 0 Å². The van der Waals surface area contributed by atoms with Gasteiger partial charge in [0.2, 0.25) is 0 Å². The minimum Gasteiger partial charge on any atom is -0.337 e. The second kappa shape index (κ2) is 7.98. The third-order valence-corrected chi connectivity index (χ3v) is 4.82. The number of nitrogens with zero attached hydrogens (tertiary/aromatic N) is 2. The summed E-state index contributed by atoms with van der Waals surface area (Å²) in [5, 5.41) is 0.409. The summed E-state index contributed by atoms with van der Waals surface area (Å²) < 4.78 is 14.0. The highest BCUT2D eigenvalue weighted by molar-refractivity contribution is 6.30. The van der Waals surface area contributed by atoms with Crippen molar-refractivity contribution in [2.45, 2.75) is 19.9 Å². The third kappa shape index (κ3) is 4.59. The largest absolute Gasteiger partial charge is 0.337 e. The normalized spacial score (nSPS) is 15.9. The number of carbonyl (C=O) groups excluding carboxylic acids is 1. The Labute approximate surface area is 153 Å². The van der Waals surface area contributed by atoms with E-state index < -0.39 is 0 Å². The molecule has 1 saturated heterocycles. The molecular formula is C20H22ClFN2O. The van der Waals surface area contributed by atoms with Gasteiger partial charge in [0.15, 0.2) is 0 Å². The summed E-state index contributed by atoms with van der Waals surface area (Å²) >= 11 is 5.81. The van der Waals surface area contributed by atoms with Crippen molar-refractivity contribution in [3.05, 3.63) is 70.0 Å². The number of carbonyl (C=O) groups is 1. The van der Waals surface area contributed by atoms with E-state index in [1.54, 1.807) is 12.1 Å². The molecule has 5 heteroatoms. The second-order valence-electron chi connectivity index (χ2n) is 6.52. The van der Waals surface area contributed by atoms with Crippen molar-refractivity contribution < 1.29 is 9.18 Å². The Balaban J connectivity index is 1.62. The predicted molar refractivity (Wildman–Crippen MR) is 98.4 cm³/mol. The second-order valence-corrected chi connectivity index (χ2v) is 6.96. The summed E-state index contributed by atoms with van der Waals surface area (Å²) in [6.07, 6.45) is 0.882. The molecule has 132 valence electrons. The maximum absolute atomic E-state index is 14.0. The molecule has 1 amide bonds. The van der Waals surface area contributed by atoms with E-state index >= 15 is 0 Å². The number of benzene rings is 2. The van der Waals surface area contributed by atoms with Crippen LogP contribution >= 0.6 is 11.6 Å². The average molecular weight is 361 g/mol. The van der Waals surface area contributed by atoms with Crippen LogP contribution in [0.15, 0.2) is 42.5 Å². The zero-order chi connectivity index (χ0) is 17.8. The molecule has 0 spiro atoms. The number of halogens is 2. The van der Waals surface area contributed by atoms with Gasteiger partial charge in [0.05, 0.1) is 0 Å². The van der Waals surface area contributed by atoms with E-state index in [1.165, 1.54) is 6.07 Å². The number of hydrogen-bond donors (Lipinski definition) is 0. The lowest BCUT2D eigenvalue weighted by Crippen LogP contribution is -2.35. The van der Waals surface area contributed by atoms with Crippen LogP contribution in [0.2, 0.25) is 5.02 Å². The van der Waals surface area contributed by atoms with Crippen LogP contribution < -0.4 is 0 Å². The van der Waals surface area contributed by atoms with Crippen LogP contribution in [-0.4, -0.2) is 41.9 Å². The summed E-state index contributed by atoms with van der Waals surface area (Å²) in [6.45, 7) is 5.51. The molecule has 0 atom stereocenters. The van der Waals surface area contributed by atoms with E-state index in [2.05, 4.69) is 4.90 Å². The van der Waals surface area contributed by atoms with Crippen molar-refractivity contribution >= 4 is 17.5 Å². The molecule has 2 aromatic rings. The van der Waals surface area contributed by atoms with Crippen molar-refractivity contribution in [2.75, 3.05) is 26.2 Å². The van der Waals surface area contributed by atoms with Gasteiger partial charge in [-0.3, -0.25) is 9.69 Å². The average Bonchev–Trinajstić information content (AvgIpc) is 2.83. The van der Waals surface area contributed by atoms with E-state index in [4.69, 9.17) is 11.6 Å². The highest BCUT2D eigenvalue weighted by atomic mass is 35.5. The molecule has 0 aromatic heterocycles. The first-order valence-corrected chi connectivity index (χ1v) is 8.93. The minimum atomic E-state index is -0.274. The van der Waals surface area contributed by atoms with Crippen LogP contribution in [0.4, 0.5) is 4.39 Å². The van der Waals surface area contributed by atoms with Gasteiger partial charge in [0.25, 0.3) is 5.91 Å². The van der Waals surface area contributed by atoms with Crippen LogP contribution in [0, 0.1) is 12.7 Å². The topological polar surface area (TPSA) is 23.6 Å². The Morgan fingerprint density at radius 3 is 2.56 bits per heavy atom. The van der Waals surface area contributed by atoms with E-state index in [9.17, 15) is 9.18 Å². The van der Waals surface area contributed by atoms with Crippen molar-refractivity contribution in [1.29, 1.82) is 0 Å². The number of hydrogen-bond acceptors (Lipinski definition) is 2. The lowest BCUT2D eigenvalue weighted by atomic mass is 10.1. The van der Waals surface area contributed by atoms with Gasteiger partial charge >= 0.3 is 0 Å². The van der Waals surface area contributed by atoms with E-state index in [0.717, 1.165) is 37.2 Å². The molecule has 3 nitrogen and oxygen atoms in total. The van der Waals surface area contributed by atoms with Crippen molar-refractivity contribution in [3.63, 3.8) is 0 Å². The Hall–Kier alpha value is -1.91. The maximum Gasteiger partial charge on any atom is 0.253 e. The van der Waals surface area contributed by atoms with E-state index in [-0.39, 0.29) is 11.7 Å². The molecular weight excluding hydrogens is 339 g/mol. The molecule has 3 rings (SSSR count). The molecule has 0 bridgehead atoms. The van der Waals surface area contributed by atoms with E-state index in [1.807, 2.05) is 36.1 Å². The molecule has 1 aliphatic rings. The molecule has 1 aliphatic heterocycles. The molecule has 0 unspecified atom stereocenters. The van der Waals surface area contributed by atoms with Gasteiger partial charge in [0, 0.05) is 48.9 Å². The van der Waals surface area contributed by atoms with Crippen LogP contribution in [0.5, 0.6) is 0 Å². The van der Waals surface area contributed by atoms with Gasteiger partial charge < -0.3 is 4.90 Å². The van der Waals surface area contributed by atoms with Crippen molar-refractivity contribution in [1.82, 2.24) is 9.80 Å². The van der Waals surface area contributed by atoms with Gasteiger partial charge in [0.1, 0.15) is 5.82 Å². The highest BCUT2D eigenvalue weighted by Crippen LogP contribution is 2.18. The predicted octanol–water partition coefficient (Wildman–Crippen LogP) is 4.14. The summed E-state index contributed by atoms with van der Waals surface area (Å²) in [5.74, 6) is -0.205. The van der Waals surface area contributed by atoms with Crippen molar-refractivity contribution in [2.24, 2.45) is 0 Å². The minimum absolute atomic E-state index is 0.0690. The van der Waals surface area contributed by atoms with Gasteiger partial charge in [-0.25, -0.2) is 4.39 Å². The van der Waals surface area contributed by atoms with Crippen LogP contribution in [-0.2, 0) is 6.54 Å². The smallest absolute Gasteiger partial charge is 0.253 e. The SMILES string of the molecule is Cc1ccc(C(=O)N2CCCN(Cc3ccc(Cl)cc3F)CC2)cc1. The zero-order valence-electron chi connectivity index (χ0n) is 14.3. The summed E-state index contributed by atoms with van der Waals surface area (Å²) in [4.78, 5) is 16.7. The van der Waals surface area contributed by atoms with Gasteiger partial charge in [-0.1, -0.05) is 35.4 Å². The highest BCUT2D eigenvalue weighted by Gasteiger charge is 2.20. The van der Waals surface area contributed by atoms with Crippen LogP contribution in [0.3, 0.4) is 0 Å². The fraction of sp³-hybridized carbons (Fsp3) is 0.350. The zero-order valence-corrected chi connectivity index (χ0v) is 15.1. The first-order chi connectivity index (χ1) is 12.0. The van der Waals surface area contributed by atoms with Gasteiger partial charge in [-0.05, 0) is 37.6 Å². The monoisotopic (exact) mass is 360 g/mol.